The van der Waals surface area contributed by atoms with Crippen LogP contribution < -0.4 is 10.6 Å². The summed E-state index contributed by atoms with van der Waals surface area (Å²) < 4.78 is 0. The number of anilines is 1. The van der Waals surface area contributed by atoms with E-state index in [1.54, 1.807) is 18.5 Å². The minimum absolute atomic E-state index is 0.133. The minimum atomic E-state index is -0.133. The van der Waals surface area contributed by atoms with Crippen molar-refractivity contribution >= 4 is 11.6 Å². The Bertz CT molecular complexity index is 598. The Morgan fingerprint density at radius 3 is 2.90 bits per heavy atom. The largest absolute Gasteiger partial charge is 0.383 e. The molecule has 0 aliphatic rings. The summed E-state index contributed by atoms with van der Waals surface area (Å²) in [6.45, 7) is 5.06. The molecule has 0 unspecified atom stereocenters. The summed E-state index contributed by atoms with van der Waals surface area (Å²) in [4.78, 5) is 20.6. The molecule has 0 saturated heterocycles. The van der Waals surface area contributed by atoms with Crippen LogP contribution in [0.3, 0.4) is 0 Å². The number of nitrogens with one attached hydrogen (secondary N) is 2. The summed E-state index contributed by atoms with van der Waals surface area (Å²) in [7, 11) is 0. The highest BCUT2D eigenvalue weighted by Gasteiger charge is 2.10. The van der Waals surface area contributed by atoms with Gasteiger partial charge in [0.2, 0.25) is 0 Å². The molecule has 2 heterocycles. The first-order valence-corrected chi connectivity index (χ1v) is 6.59. The van der Waals surface area contributed by atoms with Crippen molar-refractivity contribution in [3.63, 3.8) is 0 Å². The fourth-order valence-electron chi connectivity index (χ4n) is 1.89. The second-order valence-electron chi connectivity index (χ2n) is 4.40. The van der Waals surface area contributed by atoms with Gasteiger partial charge in [-0.2, -0.15) is 0 Å². The van der Waals surface area contributed by atoms with E-state index in [1.807, 2.05) is 32.0 Å². The highest BCUT2D eigenvalue weighted by molar-refractivity contribution is 5.99. The molecule has 0 aliphatic carbocycles. The van der Waals surface area contributed by atoms with E-state index in [9.17, 15) is 4.79 Å². The Kier molecular flexibility index (Phi) is 4.65. The first-order chi connectivity index (χ1) is 9.70. The van der Waals surface area contributed by atoms with E-state index in [-0.39, 0.29) is 5.91 Å². The number of nitrogens with zero attached hydrogens (tertiary/aromatic N) is 2. The molecule has 20 heavy (non-hydrogen) atoms. The maximum atomic E-state index is 12.2. The van der Waals surface area contributed by atoms with Crippen LogP contribution in [0.15, 0.2) is 36.7 Å². The molecule has 0 aliphatic heterocycles. The van der Waals surface area contributed by atoms with Gasteiger partial charge in [-0.1, -0.05) is 6.07 Å². The van der Waals surface area contributed by atoms with Crippen molar-refractivity contribution in [3.8, 4) is 0 Å². The quantitative estimate of drug-likeness (QED) is 0.873. The Balaban J connectivity index is 2.05. The molecular formula is C15H18N4O. The molecule has 1 amide bonds. The Labute approximate surface area is 118 Å². The van der Waals surface area contributed by atoms with Gasteiger partial charge in [-0.05, 0) is 32.0 Å². The monoisotopic (exact) mass is 270 g/mol. The lowest BCUT2D eigenvalue weighted by atomic mass is 10.2. The summed E-state index contributed by atoms with van der Waals surface area (Å²) in [5, 5.41) is 6.00. The smallest absolute Gasteiger partial charge is 0.253 e. The maximum absolute atomic E-state index is 12.2. The average Bonchev–Trinajstić information content (AvgIpc) is 2.46. The van der Waals surface area contributed by atoms with Crippen LogP contribution in [0.25, 0.3) is 0 Å². The number of hydrogen-bond donors (Lipinski definition) is 2. The Morgan fingerprint density at radius 2 is 2.15 bits per heavy atom. The van der Waals surface area contributed by atoms with Crippen molar-refractivity contribution in [2.75, 3.05) is 11.9 Å². The van der Waals surface area contributed by atoms with Gasteiger partial charge in [-0.25, -0.2) is 0 Å². The van der Waals surface area contributed by atoms with Crippen LogP contribution in [0.5, 0.6) is 0 Å². The molecule has 0 radical (unpaired) electrons. The Morgan fingerprint density at radius 1 is 1.30 bits per heavy atom. The number of carbonyl (C=O) groups excluding carboxylic acids is 1. The van der Waals surface area contributed by atoms with Gasteiger partial charge in [0.15, 0.2) is 0 Å². The van der Waals surface area contributed by atoms with Crippen LogP contribution in [0, 0.1) is 6.92 Å². The molecule has 104 valence electrons. The van der Waals surface area contributed by atoms with Gasteiger partial charge < -0.3 is 10.6 Å². The van der Waals surface area contributed by atoms with Gasteiger partial charge in [0.05, 0.1) is 29.7 Å². The Hall–Kier alpha value is -2.43. The minimum Gasteiger partial charge on any atom is -0.383 e. The maximum Gasteiger partial charge on any atom is 0.253 e. The highest BCUT2D eigenvalue weighted by Crippen LogP contribution is 2.13. The summed E-state index contributed by atoms with van der Waals surface area (Å²) in [5.41, 5.74) is 3.12. The third kappa shape index (κ3) is 3.54. The van der Waals surface area contributed by atoms with Crippen LogP contribution in [0.4, 0.5) is 5.69 Å². The number of pyridine rings is 2. The molecule has 0 bridgehead atoms. The molecule has 5 nitrogen and oxygen atoms in total. The fourth-order valence-corrected chi connectivity index (χ4v) is 1.89. The van der Waals surface area contributed by atoms with Crippen molar-refractivity contribution in [2.45, 2.75) is 20.4 Å². The molecule has 2 N–H and O–H groups in total. The van der Waals surface area contributed by atoms with E-state index in [0.717, 1.165) is 23.6 Å². The van der Waals surface area contributed by atoms with Crippen molar-refractivity contribution < 1.29 is 4.79 Å². The van der Waals surface area contributed by atoms with Crippen molar-refractivity contribution in [1.82, 2.24) is 15.3 Å². The van der Waals surface area contributed by atoms with Crippen molar-refractivity contribution in [2.24, 2.45) is 0 Å². The molecule has 0 fully saturated rings. The van der Waals surface area contributed by atoms with Gasteiger partial charge in [-0.15, -0.1) is 0 Å². The van der Waals surface area contributed by atoms with Gasteiger partial charge >= 0.3 is 0 Å². The first kappa shape index (κ1) is 14.0. The lowest BCUT2D eigenvalue weighted by molar-refractivity contribution is 0.0951. The summed E-state index contributed by atoms with van der Waals surface area (Å²) in [6.07, 6.45) is 3.27. The van der Waals surface area contributed by atoms with Crippen LogP contribution in [-0.4, -0.2) is 22.4 Å². The van der Waals surface area contributed by atoms with Gasteiger partial charge in [-0.3, -0.25) is 14.8 Å². The van der Waals surface area contributed by atoms with Crippen LogP contribution in [0.2, 0.25) is 0 Å². The normalized spacial score (nSPS) is 10.1. The van der Waals surface area contributed by atoms with Crippen molar-refractivity contribution in [1.29, 1.82) is 0 Å². The standard InChI is InChI=1S/C15H18N4O/c1-3-17-14-10-16-8-7-13(14)15(20)18-9-12-6-4-5-11(2)19-12/h4-8,10,17H,3,9H2,1-2H3,(H,18,20). The molecule has 2 aromatic heterocycles. The summed E-state index contributed by atoms with van der Waals surface area (Å²) in [5.74, 6) is -0.133. The fraction of sp³-hybridized carbons (Fsp3) is 0.267. The summed E-state index contributed by atoms with van der Waals surface area (Å²) in [6, 6.07) is 7.46. The topological polar surface area (TPSA) is 66.9 Å². The molecule has 5 heteroatoms. The number of aromatic nitrogens is 2. The van der Waals surface area contributed by atoms with E-state index in [4.69, 9.17) is 0 Å². The molecular weight excluding hydrogens is 252 g/mol. The zero-order valence-electron chi connectivity index (χ0n) is 11.7. The zero-order valence-corrected chi connectivity index (χ0v) is 11.7. The molecule has 0 saturated carbocycles. The van der Waals surface area contributed by atoms with E-state index in [2.05, 4.69) is 20.6 Å². The number of amides is 1. The van der Waals surface area contributed by atoms with Crippen LogP contribution in [0.1, 0.15) is 28.7 Å². The predicted octanol–water partition coefficient (Wildman–Crippen LogP) is 2.15. The second kappa shape index (κ2) is 6.65. The highest BCUT2D eigenvalue weighted by atomic mass is 16.1. The lowest BCUT2D eigenvalue weighted by Crippen LogP contribution is -2.24. The predicted molar refractivity (Wildman–Crippen MR) is 78.5 cm³/mol. The lowest BCUT2D eigenvalue weighted by Gasteiger charge is -2.10. The zero-order chi connectivity index (χ0) is 14.4. The number of rotatable bonds is 5. The van der Waals surface area contributed by atoms with E-state index >= 15 is 0 Å². The first-order valence-electron chi connectivity index (χ1n) is 6.59. The van der Waals surface area contributed by atoms with Crippen molar-refractivity contribution in [3.05, 3.63) is 53.6 Å². The van der Waals surface area contributed by atoms with Crippen LogP contribution in [-0.2, 0) is 6.54 Å². The number of carbonyl (C=O) groups is 1. The van der Waals surface area contributed by atoms with E-state index in [0.29, 0.717) is 12.1 Å². The SMILES string of the molecule is CCNc1cnccc1C(=O)NCc1cccc(C)n1. The van der Waals surface area contributed by atoms with Gasteiger partial charge in [0, 0.05) is 18.4 Å². The van der Waals surface area contributed by atoms with Crippen LogP contribution >= 0.6 is 0 Å². The number of hydrogen-bond acceptors (Lipinski definition) is 4. The molecule has 0 spiro atoms. The molecule has 0 atom stereocenters. The van der Waals surface area contributed by atoms with E-state index in [1.165, 1.54) is 0 Å². The van der Waals surface area contributed by atoms with E-state index < -0.39 is 0 Å². The summed E-state index contributed by atoms with van der Waals surface area (Å²) >= 11 is 0. The third-order valence-corrected chi connectivity index (χ3v) is 2.81. The third-order valence-electron chi connectivity index (χ3n) is 2.81. The number of aryl methyl sites for hydroxylation is 1. The molecule has 2 aromatic rings. The second-order valence-corrected chi connectivity index (χ2v) is 4.40. The van der Waals surface area contributed by atoms with Gasteiger partial charge in [0.25, 0.3) is 5.91 Å². The molecule has 2 rings (SSSR count). The average molecular weight is 270 g/mol. The van der Waals surface area contributed by atoms with Gasteiger partial charge in [0.1, 0.15) is 0 Å². The molecule has 0 aromatic carbocycles.